The average molecular weight is 184 g/mol. The summed E-state index contributed by atoms with van der Waals surface area (Å²) in [6, 6.07) is 0.211. The summed E-state index contributed by atoms with van der Waals surface area (Å²) in [7, 11) is 0. The van der Waals surface area contributed by atoms with E-state index in [1.54, 1.807) is 0 Å². The molecule has 0 fully saturated rings. The van der Waals surface area contributed by atoms with Crippen LogP contribution in [0.5, 0.6) is 0 Å². The van der Waals surface area contributed by atoms with Crippen LogP contribution in [0.15, 0.2) is 0 Å². The molecule has 0 rings (SSSR count). The monoisotopic (exact) mass is 184 g/mol. The Hall–Kier alpha value is -0.560. The molecule has 0 aromatic rings. The van der Waals surface area contributed by atoms with Crippen molar-refractivity contribution in [1.82, 2.24) is 5.43 Å². The van der Waals surface area contributed by atoms with Crippen molar-refractivity contribution in [3.63, 3.8) is 0 Å². The van der Waals surface area contributed by atoms with Gasteiger partial charge in [-0.1, -0.05) is 0 Å². The van der Waals surface area contributed by atoms with Crippen LogP contribution in [-0.4, -0.2) is 18.8 Å². The molecule has 0 aliphatic heterocycles. The van der Waals surface area contributed by atoms with Gasteiger partial charge < -0.3 is 4.74 Å². The lowest BCUT2D eigenvalue weighted by Gasteiger charge is -2.16. The molecule has 1 atom stereocenters. The molecule has 0 radical (unpaired) electrons. The Labute approximate surface area is 81.0 Å². The summed E-state index contributed by atoms with van der Waals surface area (Å²) >= 11 is 0. The normalized spacial score (nSPS) is 12.4. The molecule has 0 amide bonds. The number of hydrazine groups is 1. The van der Waals surface area contributed by atoms with Crippen molar-refractivity contribution in [2.24, 2.45) is 5.84 Å². The highest BCUT2D eigenvalue weighted by Crippen LogP contribution is 1.98. The van der Waals surface area contributed by atoms with Gasteiger partial charge >= 0.3 is 0 Å². The van der Waals surface area contributed by atoms with Crippen molar-refractivity contribution >= 4 is 0 Å². The van der Waals surface area contributed by atoms with Crippen molar-refractivity contribution in [3.05, 3.63) is 0 Å². The molecule has 13 heavy (non-hydrogen) atoms. The van der Waals surface area contributed by atoms with Gasteiger partial charge in [0.2, 0.25) is 0 Å². The van der Waals surface area contributed by atoms with Gasteiger partial charge in [-0.25, -0.2) is 0 Å². The van der Waals surface area contributed by atoms with E-state index in [9.17, 15) is 0 Å². The minimum absolute atomic E-state index is 0.211. The fourth-order valence-corrected chi connectivity index (χ4v) is 0.895. The second-order valence-corrected chi connectivity index (χ2v) is 3.21. The summed E-state index contributed by atoms with van der Waals surface area (Å²) in [6.07, 6.45) is 2.06. The Morgan fingerprint density at radius 3 is 2.62 bits per heavy atom. The van der Waals surface area contributed by atoms with Gasteiger partial charge in [0.05, 0.1) is 12.7 Å². The van der Waals surface area contributed by atoms with Gasteiger partial charge in [-0.2, -0.15) is 0 Å². The predicted molar refractivity (Wildman–Crippen MR) is 54.9 cm³/mol. The molecule has 3 N–H and O–H groups in total. The molecule has 0 aliphatic carbocycles. The lowest BCUT2D eigenvalue weighted by Crippen LogP contribution is -2.39. The zero-order valence-corrected chi connectivity index (χ0v) is 8.76. The number of nitrogens with one attached hydrogen (secondary N) is 1. The van der Waals surface area contributed by atoms with Gasteiger partial charge in [0.15, 0.2) is 0 Å². The molecule has 0 saturated carbocycles. The third kappa shape index (κ3) is 7.79. The van der Waals surface area contributed by atoms with Crippen LogP contribution in [0.25, 0.3) is 0 Å². The maximum absolute atomic E-state index is 5.43. The zero-order chi connectivity index (χ0) is 10.1. The van der Waals surface area contributed by atoms with Crippen molar-refractivity contribution in [3.8, 4) is 11.8 Å². The Balaban J connectivity index is 3.54. The fraction of sp³-hybridized carbons (Fsp3) is 0.800. The Bertz CT molecular complexity index is 169. The van der Waals surface area contributed by atoms with Crippen LogP contribution in [0.3, 0.4) is 0 Å². The van der Waals surface area contributed by atoms with Gasteiger partial charge in [0.25, 0.3) is 0 Å². The summed E-state index contributed by atoms with van der Waals surface area (Å²) in [5, 5.41) is 0. The summed E-state index contributed by atoms with van der Waals surface area (Å²) in [6.45, 7) is 6.52. The molecule has 3 nitrogen and oxygen atoms in total. The van der Waals surface area contributed by atoms with Crippen molar-refractivity contribution < 1.29 is 4.74 Å². The number of nitrogens with two attached hydrogens (primary N) is 1. The Morgan fingerprint density at radius 2 is 2.15 bits per heavy atom. The van der Waals surface area contributed by atoms with Crippen molar-refractivity contribution in [2.45, 2.75) is 45.8 Å². The first-order valence-electron chi connectivity index (χ1n) is 4.68. The quantitative estimate of drug-likeness (QED) is 0.368. The maximum atomic E-state index is 5.43. The third-order valence-corrected chi connectivity index (χ3v) is 1.66. The topological polar surface area (TPSA) is 47.3 Å². The van der Waals surface area contributed by atoms with Crippen LogP contribution in [0, 0.1) is 11.8 Å². The van der Waals surface area contributed by atoms with Gasteiger partial charge in [0, 0.05) is 12.5 Å². The third-order valence-electron chi connectivity index (χ3n) is 1.66. The number of hydrogen-bond donors (Lipinski definition) is 2. The molecular formula is C10H20N2O. The van der Waals surface area contributed by atoms with Crippen LogP contribution in [-0.2, 0) is 4.74 Å². The smallest absolute Gasteiger partial charge is 0.0636 e. The Morgan fingerprint density at radius 1 is 1.46 bits per heavy atom. The molecule has 0 aliphatic rings. The molecular weight excluding hydrogens is 164 g/mol. The molecule has 0 saturated heterocycles. The molecule has 0 aromatic carbocycles. The fourth-order valence-electron chi connectivity index (χ4n) is 0.895. The van der Waals surface area contributed by atoms with Crippen LogP contribution >= 0.6 is 0 Å². The van der Waals surface area contributed by atoms with E-state index in [4.69, 9.17) is 10.6 Å². The summed E-state index contributed by atoms with van der Waals surface area (Å²) in [5.41, 5.74) is 2.72. The second kappa shape index (κ2) is 8.06. The van der Waals surface area contributed by atoms with E-state index < -0.39 is 0 Å². The van der Waals surface area contributed by atoms with E-state index in [-0.39, 0.29) is 12.1 Å². The van der Waals surface area contributed by atoms with Gasteiger partial charge in [-0.3, -0.25) is 11.3 Å². The van der Waals surface area contributed by atoms with Gasteiger partial charge in [-0.05, 0) is 27.2 Å². The van der Waals surface area contributed by atoms with E-state index in [1.807, 2.05) is 20.8 Å². The first kappa shape index (κ1) is 12.4. The van der Waals surface area contributed by atoms with Crippen LogP contribution in [0.4, 0.5) is 0 Å². The molecule has 0 aromatic heterocycles. The molecule has 1 unspecified atom stereocenters. The van der Waals surface area contributed by atoms with Crippen LogP contribution in [0.2, 0.25) is 0 Å². The summed E-state index contributed by atoms with van der Waals surface area (Å²) in [5.74, 6) is 11.2. The molecule has 0 spiro atoms. The maximum Gasteiger partial charge on any atom is 0.0636 e. The van der Waals surface area contributed by atoms with Gasteiger partial charge in [0.1, 0.15) is 0 Å². The number of rotatable bonds is 6. The molecule has 0 heterocycles. The molecule has 76 valence electrons. The molecule has 0 bridgehead atoms. The predicted octanol–water partition coefficient (Wildman–Crippen LogP) is 1.05. The first-order valence-corrected chi connectivity index (χ1v) is 4.68. The zero-order valence-electron chi connectivity index (χ0n) is 8.76. The minimum atomic E-state index is 0.211. The van der Waals surface area contributed by atoms with Crippen molar-refractivity contribution in [2.75, 3.05) is 6.61 Å². The van der Waals surface area contributed by atoms with E-state index in [1.165, 1.54) is 0 Å². The highest BCUT2D eigenvalue weighted by Gasteiger charge is 2.06. The van der Waals surface area contributed by atoms with E-state index in [0.29, 0.717) is 6.61 Å². The summed E-state index contributed by atoms with van der Waals surface area (Å²) in [4.78, 5) is 0. The Kier molecular flexibility index (Phi) is 7.71. The highest BCUT2D eigenvalue weighted by molar-refractivity contribution is 4.95. The van der Waals surface area contributed by atoms with Crippen LogP contribution < -0.4 is 11.3 Å². The summed E-state index contributed by atoms with van der Waals surface area (Å²) < 4.78 is 5.43. The lowest BCUT2D eigenvalue weighted by molar-refractivity contribution is 0.0599. The highest BCUT2D eigenvalue weighted by atomic mass is 16.5. The second-order valence-electron chi connectivity index (χ2n) is 3.21. The van der Waals surface area contributed by atoms with E-state index in [2.05, 4.69) is 17.3 Å². The SMILES string of the molecule is CC#CCCC(COC(C)C)NN. The average Bonchev–Trinajstić information content (AvgIpc) is 2.10. The minimum Gasteiger partial charge on any atom is -0.377 e. The standard InChI is InChI=1S/C10H20N2O/c1-4-5-6-7-10(12-11)8-13-9(2)3/h9-10,12H,6-8,11H2,1-3H3. The van der Waals surface area contributed by atoms with E-state index in [0.717, 1.165) is 12.8 Å². The number of ether oxygens (including phenoxy) is 1. The first-order chi connectivity index (χ1) is 6.20. The van der Waals surface area contributed by atoms with Gasteiger partial charge in [-0.15, -0.1) is 11.8 Å². The molecule has 3 heteroatoms. The van der Waals surface area contributed by atoms with Crippen LogP contribution in [0.1, 0.15) is 33.6 Å². The number of hydrogen-bond acceptors (Lipinski definition) is 3. The van der Waals surface area contributed by atoms with Crippen molar-refractivity contribution in [1.29, 1.82) is 0 Å². The largest absolute Gasteiger partial charge is 0.377 e. The van der Waals surface area contributed by atoms with E-state index >= 15 is 0 Å². The lowest BCUT2D eigenvalue weighted by atomic mass is 10.2.